The van der Waals surface area contributed by atoms with Crippen molar-refractivity contribution in [3.63, 3.8) is 0 Å². The summed E-state index contributed by atoms with van der Waals surface area (Å²) in [6.45, 7) is -0.199. The molecule has 0 spiro atoms. The minimum atomic E-state index is -3.60. The van der Waals surface area contributed by atoms with E-state index >= 15 is 0 Å². The predicted molar refractivity (Wildman–Crippen MR) is 156 cm³/mol. The number of benzene rings is 2. The molecule has 13 heteroatoms. The number of hydrogen-bond acceptors (Lipinski definition) is 6. The molecule has 1 aliphatic heterocycles. The third kappa shape index (κ3) is 6.60. The second kappa shape index (κ2) is 12.6. The van der Waals surface area contributed by atoms with Crippen LogP contribution in [0.5, 0.6) is 0 Å². The number of nitrogens with one attached hydrogen (secondary N) is 2. The summed E-state index contributed by atoms with van der Waals surface area (Å²) in [6.07, 6.45) is 3.66. The Bertz CT molecular complexity index is 1610. The number of sulfonamides is 1. The van der Waals surface area contributed by atoms with Crippen molar-refractivity contribution in [2.24, 2.45) is 0 Å². The van der Waals surface area contributed by atoms with Crippen molar-refractivity contribution >= 4 is 45.0 Å². The lowest BCUT2D eigenvalue weighted by molar-refractivity contribution is -0.138. The zero-order chi connectivity index (χ0) is 30.0. The van der Waals surface area contributed by atoms with Gasteiger partial charge in [0.05, 0.1) is 23.9 Å². The van der Waals surface area contributed by atoms with Crippen molar-refractivity contribution in [2.75, 3.05) is 6.26 Å². The molecule has 9 nitrogen and oxygen atoms in total. The van der Waals surface area contributed by atoms with Crippen molar-refractivity contribution in [1.82, 2.24) is 20.1 Å². The van der Waals surface area contributed by atoms with Gasteiger partial charge in [0.25, 0.3) is 11.8 Å². The molecule has 5 rings (SSSR count). The zero-order valence-corrected chi connectivity index (χ0v) is 24.9. The van der Waals surface area contributed by atoms with E-state index in [1.165, 1.54) is 18.2 Å². The number of pyridine rings is 1. The first-order valence-electron chi connectivity index (χ1n) is 13.4. The Kier molecular flexibility index (Phi) is 9.14. The Hall–Kier alpha value is -3.09. The molecule has 4 atom stereocenters. The van der Waals surface area contributed by atoms with Crippen LogP contribution in [0.4, 0.5) is 4.39 Å². The van der Waals surface area contributed by atoms with Crippen molar-refractivity contribution < 1.29 is 27.2 Å². The van der Waals surface area contributed by atoms with E-state index < -0.39 is 45.9 Å². The van der Waals surface area contributed by atoms with Crippen molar-refractivity contribution in [3.8, 4) is 0 Å². The molecule has 42 heavy (non-hydrogen) atoms. The van der Waals surface area contributed by atoms with Gasteiger partial charge in [0.2, 0.25) is 16.0 Å². The van der Waals surface area contributed by atoms with Gasteiger partial charge >= 0.3 is 0 Å². The van der Waals surface area contributed by atoms with Crippen LogP contribution in [0.2, 0.25) is 10.0 Å². The van der Waals surface area contributed by atoms with Crippen LogP contribution in [0, 0.1) is 5.95 Å². The SMILES string of the molecule is CS(=O)(=O)N[C@H]1CCCC[C@@H]1N1C(=O)c2ccccc2[C@@H](C(=O)NOCc2cccc(F)n2)[C@@H]1c1ccc(Cl)cc1Cl. The fourth-order valence-electron chi connectivity index (χ4n) is 5.90. The number of nitrogens with zero attached hydrogens (tertiary/aromatic N) is 2. The third-order valence-electron chi connectivity index (χ3n) is 7.56. The van der Waals surface area contributed by atoms with Gasteiger partial charge in [-0.05, 0) is 54.3 Å². The lowest BCUT2D eigenvalue weighted by atomic mass is 9.76. The van der Waals surface area contributed by atoms with E-state index in [0.717, 1.165) is 19.1 Å². The largest absolute Gasteiger partial charge is 0.326 e. The Balaban J connectivity index is 1.59. The Labute approximate surface area is 253 Å². The molecular formula is C29H29Cl2FN4O5S. The van der Waals surface area contributed by atoms with Crippen LogP contribution in [-0.2, 0) is 26.3 Å². The number of carbonyl (C=O) groups excluding carboxylic acids is 2. The summed E-state index contributed by atoms with van der Waals surface area (Å²) >= 11 is 12.9. The fourth-order valence-corrected chi connectivity index (χ4v) is 7.25. The maximum atomic E-state index is 14.3. The molecule has 1 saturated carbocycles. The molecule has 2 heterocycles. The zero-order valence-electron chi connectivity index (χ0n) is 22.6. The van der Waals surface area contributed by atoms with Crippen molar-refractivity contribution in [1.29, 1.82) is 0 Å². The van der Waals surface area contributed by atoms with E-state index in [4.69, 9.17) is 28.0 Å². The van der Waals surface area contributed by atoms with Crippen LogP contribution >= 0.6 is 23.2 Å². The standard InChI is InChI=1S/C29H29Cl2FN4O5S/c1-42(39,40)35-23-10-4-5-11-24(23)36-27(21-14-13-17(30)15-22(21)31)26(19-8-2-3-9-20(19)29(36)38)28(37)34-41-16-18-7-6-12-25(32)33-18/h2-3,6-9,12-15,23-24,26-27,35H,4-5,10-11,16H2,1H3,(H,34,37)/t23-,24-,26+,27-/m0/s1. The lowest BCUT2D eigenvalue weighted by Crippen LogP contribution is -2.59. The normalized spacial score (nSPS) is 22.5. The first-order valence-corrected chi connectivity index (χ1v) is 16.0. The van der Waals surface area contributed by atoms with E-state index in [-0.39, 0.29) is 23.2 Å². The molecule has 0 saturated heterocycles. The first kappa shape index (κ1) is 30.4. The third-order valence-corrected chi connectivity index (χ3v) is 8.85. The van der Waals surface area contributed by atoms with Crippen LogP contribution in [0.3, 0.4) is 0 Å². The number of rotatable bonds is 8. The van der Waals surface area contributed by atoms with Gasteiger partial charge in [0.1, 0.15) is 6.61 Å². The van der Waals surface area contributed by atoms with Gasteiger partial charge in [-0.25, -0.2) is 23.6 Å². The highest BCUT2D eigenvalue weighted by molar-refractivity contribution is 7.88. The maximum Gasteiger partial charge on any atom is 0.255 e. The van der Waals surface area contributed by atoms with Crippen LogP contribution in [-0.4, -0.2) is 48.5 Å². The van der Waals surface area contributed by atoms with E-state index in [1.54, 1.807) is 47.4 Å². The van der Waals surface area contributed by atoms with Crippen LogP contribution < -0.4 is 10.2 Å². The van der Waals surface area contributed by atoms with Gasteiger partial charge in [-0.1, -0.05) is 66.4 Å². The summed E-state index contributed by atoms with van der Waals surface area (Å²) in [4.78, 5) is 39.0. The van der Waals surface area contributed by atoms with Gasteiger partial charge in [-0.2, -0.15) is 4.39 Å². The molecule has 1 fully saturated rings. The number of aromatic nitrogens is 1. The fraction of sp³-hybridized carbons (Fsp3) is 0.345. The molecule has 0 radical (unpaired) electrons. The minimum absolute atomic E-state index is 0.199. The minimum Gasteiger partial charge on any atom is -0.326 e. The van der Waals surface area contributed by atoms with E-state index in [2.05, 4.69) is 15.2 Å². The Morgan fingerprint density at radius 2 is 1.83 bits per heavy atom. The van der Waals surface area contributed by atoms with E-state index in [9.17, 15) is 22.4 Å². The maximum absolute atomic E-state index is 14.3. The van der Waals surface area contributed by atoms with Crippen LogP contribution in [0.1, 0.15) is 64.8 Å². The van der Waals surface area contributed by atoms with Crippen molar-refractivity contribution in [3.05, 3.63) is 99.0 Å². The highest BCUT2D eigenvalue weighted by Gasteiger charge is 2.49. The lowest BCUT2D eigenvalue weighted by Gasteiger charge is -2.49. The number of halogens is 3. The molecule has 1 aliphatic carbocycles. The smallest absolute Gasteiger partial charge is 0.255 e. The van der Waals surface area contributed by atoms with Gasteiger partial charge in [0.15, 0.2) is 0 Å². The van der Waals surface area contributed by atoms with Crippen molar-refractivity contribution in [2.45, 2.75) is 56.3 Å². The number of amides is 2. The van der Waals surface area contributed by atoms with Gasteiger partial charge in [-0.15, -0.1) is 0 Å². The number of hydrogen-bond donors (Lipinski definition) is 2. The predicted octanol–water partition coefficient (Wildman–Crippen LogP) is 4.92. The second-order valence-electron chi connectivity index (χ2n) is 10.4. The summed E-state index contributed by atoms with van der Waals surface area (Å²) in [6, 6.07) is 13.8. The summed E-state index contributed by atoms with van der Waals surface area (Å²) in [5.74, 6) is -2.60. The number of carbonyl (C=O) groups is 2. The highest BCUT2D eigenvalue weighted by Crippen LogP contribution is 2.47. The van der Waals surface area contributed by atoms with E-state index in [1.807, 2.05) is 0 Å². The van der Waals surface area contributed by atoms with Gasteiger partial charge < -0.3 is 4.90 Å². The Morgan fingerprint density at radius 1 is 1.07 bits per heavy atom. The quantitative estimate of drug-likeness (QED) is 0.268. The topological polar surface area (TPSA) is 118 Å². The molecule has 2 amide bonds. The van der Waals surface area contributed by atoms with E-state index in [0.29, 0.717) is 34.6 Å². The molecule has 0 unspecified atom stereocenters. The molecule has 1 aromatic heterocycles. The molecule has 2 aromatic carbocycles. The average molecular weight is 636 g/mol. The monoisotopic (exact) mass is 634 g/mol. The Morgan fingerprint density at radius 3 is 2.57 bits per heavy atom. The highest BCUT2D eigenvalue weighted by atomic mass is 35.5. The molecule has 222 valence electrons. The molecule has 2 aliphatic rings. The van der Waals surface area contributed by atoms with Crippen LogP contribution in [0.25, 0.3) is 0 Å². The molecular weight excluding hydrogens is 606 g/mol. The number of hydroxylamine groups is 1. The second-order valence-corrected chi connectivity index (χ2v) is 13.1. The number of fused-ring (bicyclic) bond motifs is 1. The summed E-state index contributed by atoms with van der Waals surface area (Å²) < 4.78 is 40.9. The summed E-state index contributed by atoms with van der Waals surface area (Å²) in [7, 11) is -3.60. The average Bonchev–Trinajstić information content (AvgIpc) is 2.93. The van der Waals surface area contributed by atoms with Crippen LogP contribution in [0.15, 0.2) is 60.7 Å². The summed E-state index contributed by atoms with van der Waals surface area (Å²) in [5.41, 5.74) is 3.98. The molecule has 3 aromatic rings. The molecule has 2 N–H and O–H groups in total. The molecule has 0 bridgehead atoms. The van der Waals surface area contributed by atoms with Gasteiger partial charge in [-0.3, -0.25) is 14.4 Å². The van der Waals surface area contributed by atoms with Gasteiger partial charge in [0, 0.05) is 27.7 Å². The first-order chi connectivity index (χ1) is 20.0. The summed E-state index contributed by atoms with van der Waals surface area (Å²) in [5, 5.41) is 0.620.